The lowest BCUT2D eigenvalue weighted by Gasteiger charge is -2.41. The highest BCUT2D eigenvalue weighted by Gasteiger charge is 2.36. The normalized spacial score (nSPS) is 15.5. The Balaban J connectivity index is 4.08. The van der Waals surface area contributed by atoms with Gasteiger partial charge in [-0.1, -0.05) is 95.9 Å². The highest BCUT2D eigenvalue weighted by atomic mass is 28.2. The van der Waals surface area contributed by atoms with Crippen molar-refractivity contribution in [2.45, 2.75) is 120 Å². The Morgan fingerprint density at radius 2 is 0.731 bits per heavy atom. The summed E-state index contributed by atoms with van der Waals surface area (Å²) >= 11 is 0. The van der Waals surface area contributed by atoms with E-state index < -0.39 is 19.5 Å². The molecule has 0 heterocycles. The van der Waals surface area contributed by atoms with Crippen LogP contribution >= 0.6 is 0 Å². The average Bonchev–Trinajstić information content (AvgIpc) is 2.34. The molecule has 0 atom stereocenters. The van der Waals surface area contributed by atoms with Gasteiger partial charge in [0, 0.05) is 0 Å². The van der Waals surface area contributed by atoms with Gasteiger partial charge in [0.15, 0.2) is 19.5 Å². The first-order valence-corrected chi connectivity index (χ1v) is 13.9. The largest absolute Gasteiger partial charge is 0.420 e. The molecule has 0 aliphatic heterocycles. The predicted molar refractivity (Wildman–Crippen MR) is 124 cm³/mol. The van der Waals surface area contributed by atoms with Gasteiger partial charge in [0.2, 0.25) is 0 Å². The van der Waals surface area contributed by atoms with Gasteiger partial charge in [0.05, 0.1) is 12.2 Å². The quantitative estimate of drug-likeness (QED) is 0.362. The summed E-state index contributed by atoms with van der Waals surface area (Å²) in [5, 5.41) is 0. The zero-order valence-electron chi connectivity index (χ0n) is 20.2. The molecule has 0 aromatic heterocycles. The van der Waals surface area contributed by atoms with Crippen LogP contribution in [0.3, 0.4) is 0 Å². The van der Waals surface area contributed by atoms with Crippen molar-refractivity contribution in [1.82, 2.24) is 0 Å². The predicted octanol–water partition coefficient (Wildman–Crippen LogP) is 5.73. The maximum absolute atomic E-state index is 6.42. The summed E-state index contributed by atoms with van der Waals surface area (Å²) in [4.78, 5) is 0. The standard InChI is InChI=1S/C22H50O2Si2/c1-19(2,3)17(20(4,5)6)23-25-15-13-14-16-26-24-18(21(7,8)9)22(10,11)12/h17-18H,13-16,25-26H2,1-12H3. The van der Waals surface area contributed by atoms with Crippen molar-refractivity contribution in [3.8, 4) is 0 Å². The Labute approximate surface area is 170 Å². The fraction of sp³-hybridized carbons (Fsp3) is 1.00. The van der Waals surface area contributed by atoms with Crippen molar-refractivity contribution in [3.05, 3.63) is 0 Å². The Kier molecular flexibility index (Phi) is 10.4. The first-order chi connectivity index (χ1) is 11.5. The Morgan fingerprint density at radius 3 is 0.923 bits per heavy atom. The van der Waals surface area contributed by atoms with Crippen molar-refractivity contribution in [1.29, 1.82) is 0 Å². The summed E-state index contributed by atoms with van der Waals surface area (Å²) in [5.41, 5.74) is 0.893. The van der Waals surface area contributed by atoms with E-state index in [2.05, 4.69) is 83.1 Å². The summed E-state index contributed by atoms with van der Waals surface area (Å²) < 4.78 is 12.8. The van der Waals surface area contributed by atoms with Gasteiger partial charge in [0.25, 0.3) is 0 Å². The molecule has 0 unspecified atom stereocenters. The monoisotopic (exact) mass is 402 g/mol. The van der Waals surface area contributed by atoms with E-state index in [9.17, 15) is 0 Å². The second-order valence-electron chi connectivity index (χ2n) is 12.4. The number of unbranched alkanes of at least 4 members (excludes halogenated alkanes) is 1. The van der Waals surface area contributed by atoms with E-state index in [-0.39, 0.29) is 21.7 Å². The fourth-order valence-electron chi connectivity index (χ4n) is 4.56. The lowest BCUT2D eigenvalue weighted by Crippen LogP contribution is -2.41. The van der Waals surface area contributed by atoms with Crippen LogP contribution in [0.4, 0.5) is 0 Å². The molecule has 0 bridgehead atoms. The van der Waals surface area contributed by atoms with Gasteiger partial charge in [-0.2, -0.15) is 0 Å². The third kappa shape index (κ3) is 10.6. The molecule has 0 fully saturated rings. The average molecular weight is 403 g/mol. The van der Waals surface area contributed by atoms with Crippen LogP contribution in [0.2, 0.25) is 12.1 Å². The molecule has 0 spiro atoms. The van der Waals surface area contributed by atoms with Crippen LogP contribution < -0.4 is 0 Å². The molecule has 0 aliphatic rings. The second-order valence-corrected chi connectivity index (χ2v) is 15.3. The Bertz CT molecular complexity index is 315. The minimum atomic E-state index is -0.416. The highest BCUT2D eigenvalue weighted by molar-refractivity contribution is 6.28. The zero-order valence-corrected chi connectivity index (χ0v) is 23.0. The van der Waals surface area contributed by atoms with Crippen LogP contribution in [0.15, 0.2) is 0 Å². The van der Waals surface area contributed by atoms with Crippen molar-refractivity contribution in [2.75, 3.05) is 0 Å². The maximum atomic E-state index is 6.42. The summed E-state index contributed by atoms with van der Waals surface area (Å²) in [6, 6.07) is 2.61. The van der Waals surface area contributed by atoms with Crippen LogP contribution in [-0.2, 0) is 8.85 Å². The molecule has 26 heavy (non-hydrogen) atoms. The van der Waals surface area contributed by atoms with Gasteiger partial charge in [-0.15, -0.1) is 0 Å². The molecule has 0 aliphatic carbocycles. The minimum Gasteiger partial charge on any atom is -0.420 e. The SMILES string of the molecule is CC(C)(C)C(O[SiH2]CCCC[SiH2]OC(C(C)(C)C)C(C)(C)C)C(C)(C)C. The van der Waals surface area contributed by atoms with Gasteiger partial charge in [-0.05, 0) is 33.7 Å². The number of hydrogen-bond donors (Lipinski definition) is 0. The fourth-order valence-corrected chi connectivity index (χ4v) is 8.48. The molecule has 4 heteroatoms. The van der Waals surface area contributed by atoms with Gasteiger partial charge in [-0.3, -0.25) is 0 Å². The van der Waals surface area contributed by atoms with E-state index in [1.165, 1.54) is 24.9 Å². The summed E-state index contributed by atoms with van der Waals surface area (Å²) in [6.07, 6.45) is 3.36. The summed E-state index contributed by atoms with van der Waals surface area (Å²) in [6.45, 7) is 27.7. The van der Waals surface area contributed by atoms with E-state index in [1.807, 2.05) is 0 Å². The van der Waals surface area contributed by atoms with E-state index in [0.717, 1.165) is 0 Å². The zero-order chi connectivity index (χ0) is 20.8. The summed E-state index contributed by atoms with van der Waals surface area (Å²) in [7, 11) is -0.832. The highest BCUT2D eigenvalue weighted by Crippen LogP contribution is 2.36. The van der Waals surface area contributed by atoms with Crippen molar-refractivity contribution in [3.63, 3.8) is 0 Å². The van der Waals surface area contributed by atoms with Gasteiger partial charge in [-0.25, -0.2) is 0 Å². The molecular formula is C22H50O2Si2. The van der Waals surface area contributed by atoms with Crippen LogP contribution in [0.5, 0.6) is 0 Å². The van der Waals surface area contributed by atoms with E-state index in [0.29, 0.717) is 12.2 Å². The molecule has 0 aromatic carbocycles. The van der Waals surface area contributed by atoms with E-state index in [4.69, 9.17) is 8.85 Å². The number of hydrogen-bond acceptors (Lipinski definition) is 2. The third-order valence-corrected chi connectivity index (χ3v) is 7.47. The Hall–Kier alpha value is 0.354. The molecule has 0 rings (SSSR count). The molecule has 158 valence electrons. The smallest absolute Gasteiger partial charge is 0.162 e. The van der Waals surface area contributed by atoms with E-state index in [1.54, 1.807) is 0 Å². The molecule has 0 radical (unpaired) electrons. The molecule has 0 N–H and O–H groups in total. The second kappa shape index (κ2) is 10.2. The third-order valence-electron chi connectivity index (χ3n) is 4.75. The lowest BCUT2D eigenvalue weighted by molar-refractivity contribution is -0.000399. The van der Waals surface area contributed by atoms with E-state index >= 15 is 0 Å². The van der Waals surface area contributed by atoms with Gasteiger partial charge in [0.1, 0.15) is 0 Å². The molecule has 2 nitrogen and oxygen atoms in total. The molecule has 0 aromatic rings. The van der Waals surface area contributed by atoms with Gasteiger partial charge < -0.3 is 8.85 Å². The molecule has 0 saturated heterocycles. The minimum absolute atomic E-state index is 0.223. The molecule has 0 amide bonds. The Morgan fingerprint density at radius 1 is 0.500 bits per heavy atom. The first-order valence-electron chi connectivity index (χ1n) is 10.7. The lowest BCUT2D eigenvalue weighted by atomic mass is 9.74. The summed E-state index contributed by atoms with van der Waals surface area (Å²) in [5.74, 6) is 0. The number of rotatable bonds is 9. The molecular weight excluding hydrogens is 352 g/mol. The maximum Gasteiger partial charge on any atom is 0.162 e. The van der Waals surface area contributed by atoms with Crippen molar-refractivity contribution in [2.24, 2.45) is 21.7 Å². The topological polar surface area (TPSA) is 18.5 Å². The van der Waals surface area contributed by atoms with Crippen LogP contribution in [0.25, 0.3) is 0 Å². The van der Waals surface area contributed by atoms with Crippen LogP contribution in [0, 0.1) is 21.7 Å². The van der Waals surface area contributed by atoms with Gasteiger partial charge >= 0.3 is 0 Å². The van der Waals surface area contributed by atoms with Crippen molar-refractivity contribution < 1.29 is 8.85 Å². The van der Waals surface area contributed by atoms with Crippen molar-refractivity contribution >= 4 is 19.5 Å². The first kappa shape index (κ1) is 26.4. The molecule has 0 saturated carbocycles. The van der Waals surface area contributed by atoms with Crippen LogP contribution in [-0.4, -0.2) is 31.7 Å². The van der Waals surface area contributed by atoms with Crippen LogP contribution in [0.1, 0.15) is 95.9 Å².